The van der Waals surface area contributed by atoms with Crippen LogP contribution >= 0.6 is 15.9 Å². The molecular weight excluding hydrogens is 532 g/mol. The van der Waals surface area contributed by atoms with Crippen molar-refractivity contribution in [3.05, 3.63) is 176 Å². The maximum Gasteiger partial charge on any atom is 0.338 e. The molecule has 0 aliphatic heterocycles. The topological polar surface area (TPSA) is 26.3 Å². The van der Waals surface area contributed by atoms with Crippen molar-refractivity contribution in [1.82, 2.24) is 0 Å². The summed E-state index contributed by atoms with van der Waals surface area (Å²) >= 11 is 3.73. The number of carbonyl (C=O) groups excluding carboxylic acids is 1. The van der Waals surface area contributed by atoms with Gasteiger partial charge in [-0.05, 0) is 77.1 Å². The fourth-order valence-electron chi connectivity index (χ4n) is 5.33. The third-order valence-corrected chi connectivity index (χ3v) is 7.59. The molecule has 5 aromatic rings. The van der Waals surface area contributed by atoms with Gasteiger partial charge < -0.3 is 4.74 Å². The van der Waals surface area contributed by atoms with E-state index in [-0.39, 0.29) is 12.6 Å². The van der Waals surface area contributed by atoms with E-state index in [0.29, 0.717) is 5.56 Å². The number of ether oxygens (including phenoxy) is 1. The Bertz CT molecular complexity index is 1500. The molecule has 0 atom stereocenters. The molecule has 188 valence electrons. The summed E-state index contributed by atoms with van der Waals surface area (Å²) in [5.74, 6) is -0.327. The highest BCUT2D eigenvalue weighted by atomic mass is 79.9. The molecule has 0 bridgehead atoms. The average Bonchev–Trinajstić information content (AvgIpc) is 2.96. The minimum absolute atomic E-state index is 0.246. The molecule has 38 heavy (non-hydrogen) atoms. The summed E-state index contributed by atoms with van der Waals surface area (Å²) in [6, 6.07) is 43.3. The maximum absolute atomic E-state index is 13.0. The van der Waals surface area contributed by atoms with Crippen molar-refractivity contribution in [2.45, 2.75) is 25.9 Å². The Labute approximate surface area is 233 Å². The van der Waals surface area contributed by atoms with E-state index in [1.54, 1.807) is 0 Å². The molecule has 0 N–H and O–H groups in total. The summed E-state index contributed by atoms with van der Waals surface area (Å²) in [5.41, 5.74) is 7.76. The summed E-state index contributed by atoms with van der Waals surface area (Å²) in [4.78, 5) is 13.0. The van der Waals surface area contributed by atoms with Gasteiger partial charge in [-0.25, -0.2) is 4.79 Å². The van der Waals surface area contributed by atoms with Crippen LogP contribution in [0.25, 0.3) is 0 Å². The molecule has 0 radical (unpaired) electrons. The van der Waals surface area contributed by atoms with Crippen LogP contribution in [0, 0.1) is 13.8 Å². The van der Waals surface area contributed by atoms with E-state index in [4.69, 9.17) is 4.74 Å². The maximum atomic E-state index is 13.0. The van der Waals surface area contributed by atoms with Gasteiger partial charge in [-0.1, -0.05) is 119 Å². The third kappa shape index (κ3) is 4.94. The quantitative estimate of drug-likeness (QED) is 0.147. The molecule has 0 saturated carbocycles. The van der Waals surface area contributed by atoms with Crippen LogP contribution in [0.3, 0.4) is 0 Å². The molecule has 0 aliphatic rings. The predicted molar refractivity (Wildman–Crippen MR) is 157 cm³/mol. The van der Waals surface area contributed by atoms with Crippen LogP contribution in [0.5, 0.6) is 0 Å². The molecule has 0 fully saturated rings. The Hall–Kier alpha value is -3.95. The van der Waals surface area contributed by atoms with E-state index < -0.39 is 5.41 Å². The van der Waals surface area contributed by atoms with Gasteiger partial charge in [-0.3, -0.25) is 0 Å². The van der Waals surface area contributed by atoms with Gasteiger partial charge in [0.25, 0.3) is 0 Å². The molecule has 0 spiro atoms. The monoisotopic (exact) mass is 560 g/mol. The highest BCUT2D eigenvalue weighted by Crippen LogP contribution is 2.48. The van der Waals surface area contributed by atoms with Crippen molar-refractivity contribution in [2.75, 3.05) is 0 Å². The lowest BCUT2D eigenvalue weighted by molar-refractivity contribution is 0.0472. The Kier molecular flexibility index (Phi) is 7.57. The van der Waals surface area contributed by atoms with E-state index >= 15 is 0 Å². The Balaban J connectivity index is 1.68. The van der Waals surface area contributed by atoms with Crippen molar-refractivity contribution in [3.8, 4) is 0 Å². The van der Waals surface area contributed by atoms with E-state index in [1.807, 2.05) is 54.6 Å². The second kappa shape index (κ2) is 11.2. The fraction of sp³-hybridized carbons (Fsp3) is 0.114. The first-order chi connectivity index (χ1) is 18.5. The molecule has 3 heteroatoms. The second-order valence-electron chi connectivity index (χ2n) is 9.53. The van der Waals surface area contributed by atoms with Gasteiger partial charge in [0.2, 0.25) is 0 Å². The molecule has 2 nitrogen and oxygen atoms in total. The van der Waals surface area contributed by atoms with Crippen LogP contribution in [0.4, 0.5) is 0 Å². The first-order valence-corrected chi connectivity index (χ1v) is 13.5. The SMILES string of the molecule is Cc1cc(C(=O)OCc2ccccc2)ccc1C(c1ccccc1)(c1ccccc1)c1cc(Br)ccc1C. The van der Waals surface area contributed by atoms with Crippen molar-refractivity contribution in [1.29, 1.82) is 0 Å². The lowest BCUT2D eigenvalue weighted by Gasteiger charge is -2.39. The first-order valence-electron chi connectivity index (χ1n) is 12.7. The number of rotatable bonds is 7. The van der Waals surface area contributed by atoms with Crippen LogP contribution in [-0.4, -0.2) is 5.97 Å². The first kappa shape index (κ1) is 25.7. The number of esters is 1. The minimum Gasteiger partial charge on any atom is -0.457 e. The smallest absolute Gasteiger partial charge is 0.338 e. The van der Waals surface area contributed by atoms with Crippen LogP contribution in [0.2, 0.25) is 0 Å². The number of hydrogen-bond acceptors (Lipinski definition) is 2. The summed E-state index contributed by atoms with van der Waals surface area (Å²) in [6.45, 7) is 4.49. The second-order valence-corrected chi connectivity index (χ2v) is 10.4. The van der Waals surface area contributed by atoms with E-state index in [2.05, 4.69) is 103 Å². The summed E-state index contributed by atoms with van der Waals surface area (Å²) in [5, 5.41) is 0. The van der Waals surface area contributed by atoms with E-state index in [0.717, 1.165) is 32.3 Å². The Morgan fingerprint density at radius 1 is 0.658 bits per heavy atom. The summed E-state index contributed by atoms with van der Waals surface area (Å²) in [7, 11) is 0. The van der Waals surface area contributed by atoms with Gasteiger partial charge >= 0.3 is 5.97 Å². The molecule has 0 saturated heterocycles. The zero-order valence-electron chi connectivity index (χ0n) is 21.5. The van der Waals surface area contributed by atoms with Gasteiger partial charge in [-0.15, -0.1) is 0 Å². The predicted octanol–water partition coefficient (Wildman–Crippen LogP) is 8.81. The number of carbonyl (C=O) groups is 1. The zero-order valence-corrected chi connectivity index (χ0v) is 23.1. The van der Waals surface area contributed by atoms with Crippen molar-refractivity contribution < 1.29 is 9.53 Å². The molecule has 0 unspecified atom stereocenters. The number of halogens is 1. The van der Waals surface area contributed by atoms with Crippen LogP contribution in [-0.2, 0) is 16.8 Å². The van der Waals surface area contributed by atoms with Crippen molar-refractivity contribution >= 4 is 21.9 Å². The van der Waals surface area contributed by atoms with Gasteiger partial charge in [0.1, 0.15) is 6.61 Å². The number of benzene rings is 5. The van der Waals surface area contributed by atoms with Gasteiger partial charge in [-0.2, -0.15) is 0 Å². The average molecular weight is 562 g/mol. The minimum atomic E-state index is -0.590. The number of hydrogen-bond donors (Lipinski definition) is 0. The standard InChI is InChI=1S/C35H29BrO2/c1-25-18-20-31(36)23-33(25)35(29-14-8-4-9-15-29,30-16-10-5-11-17-30)32-21-19-28(22-26(32)2)34(37)38-24-27-12-6-3-7-13-27/h3-23H,24H2,1-2H3. The van der Waals surface area contributed by atoms with Crippen LogP contribution in [0.15, 0.2) is 132 Å². The van der Waals surface area contributed by atoms with Crippen LogP contribution in [0.1, 0.15) is 49.3 Å². The lowest BCUT2D eigenvalue weighted by atomic mass is 9.63. The summed E-state index contributed by atoms with van der Waals surface area (Å²) < 4.78 is 6.66. The fourth-order valence-corrected chi connectivity index (χ4v) is 5.69. The molecular formula is C35H29BrO2. The van der Waals surface area contributed by atoms with E-state index in [1.165, 1.54) is 11.1 Å². The molecule has 5 aromatic carbocycles. The third-order valence-electron chi connectivity index (χ3n) is 7.10. The van der Waals surface area contributed by atoms with Gasteiger partial charge in [0.05, 0.1) is 11.0 Å². The zero-order chi connectivity index (χ0) is 26.5. The summed E-state index contributed by atoms with van der Waals surface area (Å²) in [6.07, 6.45) is 0. The van der Waals surface area contributed by atoms with Crippen LogP contribution < -0.4 is 0 Å². The van der Waals surface area contributed by atoms with Gasteiger partial charge in [0.15, 0.2) is 0 Å². The van der Waals surface area contributed by atoms with E-state index in [9.17, 15) is 4.79 Å². The molecule has 0 amide bonds. The highest BCUT2D eigenvalue weighted by Gasteiger charge is 2.40. The molecule has 0 aliphatic carbocycles. The largest absolute Gasteiger partial charge is 0.457 e. The Morgan fingerprint density at radius 2 is 1.24 bits per heavy atom. The molecule has 0 heterocycles. The lowest BCUT2D eigenvalue weighted by Crippen LogP contribution is -2.33. The normalized spacial score (nSPS) is 11.2. The number of aryl methyl sites for hydroxylation is 2. The van der Waals surface area contributed by atoms with Gasteiger partial charge in [0, 0.05) is 4.47 Å². The Morgan fingerprint density at radius 3 is 1.82 bits per heavy atom. The molecule has 0 aromatic heterocycles. The molecule has 5 rings (SSSR count). The van der Waals surface area contributed by atoms with Crippen molar-refractivity contribution in [3.63, 3.8) is 0 Å². The highest BCUT2D eigenvalue weighted by molar-refractivity contribution is 9.10. The van der Waals surface area contributed by atoms with Crippen molar-refractivity contribution in [2.24, 2.45) is 0 Å².